The van der Waals surface area contributed by atoms with E-state index in [9.17, 15) is 4.79 Å². The fourth-order valence-corrected chi connectivity index (χ4v) is 0.948. The highest BCUT2D eigenvalue weighted by molar-refractivity contribution is 5.51. The third-order valence-corrected chi connectivity index (χ3v) is 1.48. The lowest BCUT2D eigenvalue weighted by Gasteiger charge is -2.06. The molecule has 4 nitrogen and oxygen atoms in total. The lowest BCUT2D eigenvalue weighted by Crippen LogP contribution is -2.02. The summed E-state index contributed by atoms with van der Waals surface area (Å²) >= 11 is 0. The van der Waals surface area contributed by atoms with E-state index in [2.05, 4.69) is 0 Å². The second-order valence-corrected chi connectivity index (χ2v) is 2.52. The van der Waals surface area contributed by atoms with Gasteiger partial charge in [0.2, 0.25) is 0 Å². The number of aldehydes is 1. The van der Waals surface area contributed by atoms with Crippen LogP contribution in [-0.2, 0) is 4.79 Å². The average Bonchev–Trinajstić information content (AvgIpc) is 2.24. The highest BCUT2D eigenvalue weighted by atomic mass is 16.5. The predicted octanol–water partition coefficient (Wildman–Crippen LogP) is 0.635. The third kappa shape index (κ3) is 3.45. The monoisotopic (exact) mass is 196 g/mol. The number of ether oxygens (including phenoxy) is 2. The first-order valence-corrected chi connectivity index (χ1v) is 4.27. The molecular weight excluding hydrogens is 184 g/mol. The number of rotatable bonds is 6. The SMILES string of the molecule is O=CCOc1cccc(OCCO)c1. The van der Waals surface area contributed by atoms with Gasteiger partial charge in [0.05, 0.1) is 6.61 Å². The van der Waals surface area contributed by atoms with Crippen LogP contribution in [0.25, 0.3) is 0 Å². The number of aliphatic hydroxyl groups excluding tert-OH is 1. The summed E-state index contributed by atoms with van der Waals surface area (Å²) in [6, 6.07) is 6.91. The van der Waals surface area contributed by atoms with E-state index in [1.165, 1.54) is 0 Å². The Labute approximate surface area is 82.1 Å². The maximum absolute atomic E-state index is 10.0. The number of hydrogen-bond acceptors (Lipinski definition) is 4. The second-order valence-electron chi connectivity index (χ2n) is 2.52. The van der Waals surface area contributed by atoms with Gasteiger partial charge >= 0.3 is 0 Å². The molecule has 0 bridgehead atoms. The molecule has 76 valence electrons. The minimum absolute atomic E-state index is 0.0284. The van der Waals surface area contributed by atoms with Gasteiger partial charge in [-0.2, -0.15) is 0 Å². The molecule has 0 atom stereocenters. The van der Waals surface area contributed by atoms with E-state index in [4.69, 9.17) is 14.6 Å². The van der Waals surface area contributed by atoms with Gasteiger partial charge in [-0.25, -0.2) is 0 Å². The van der Waals surface area contributed by atoms with Crippen LogP contribution in [-0.4, -0.2) is 31.2 Å². The Morgan fingerprint density at radius 1 is 1.29 bits per heavy atom. The van der Waals surface area contributed by atoms with Crippen molar-refractivity contribution in [3.8, 4) is 11.5 Å². The van der Waals surface area contributed by atoms with Crippen LogP contribution in [0.5, 0.6) is 11.5 Å². The average molecular weight is 196 g/mol. The first-order valence-electron chi connectivity index (χ1n) is 4.27. The smallest absolute Gasteiger partial charge is 0.157 e. The molecular formula is C10H12O4. The van der Waals surface area contributed by atoms with Crippen LogP contribution in [0, 0.1) is 0 Å². The molecule has 1 N–H and O–H groups in total. The van der Waals surface area contributed by atoms with Crippen LogP contribution in [0.4, 0.5) is 0 Å². The van der Waals surface area contributed by atoms with Crippen molar-refractivity contribution >= 4 is 6.29 Å². The molecule has 0 amide bonds. The standard InChI is InChI=1S/C10H12O4/c11-4-6-13-9-2-1-3-10(8-9)14-7-5-12/h1-4,8,12H,5-7H2. The van der Waals surface area contributed by atoms with Gasteiger partial charge in [-0.15, -0.1) is 0 Å². The first kappa shape index (κ1) is 10.5. The van der Waals surface area contributed by atoms with Crippen molar-refractivity contribution < 1.29 is 19.4 Å². The van der Waals surface area contributed by atoms with E-state index < -0.39 is 0 Å². The van der Waals surface area contributed by atoms with Crippen molar-refractivity contribution in [2.75, 3.05) is 19.8 Å². The van der Waals surface area contributed by atoms with Gasteiger partial charge in [0, 0.05) is 6.07 Å². The Bertz CT molecular complexity index is 285. The summed E-state index contributed by atoms with van der Waals surface area (Å²) in [5.74, 6) is 1.19. The van der Waals surface area contributed by atoms with E-state index in [-0.39, 0.29) is 19.8 Å². The topological polar surface area (TPSA) is 55.8 Å². The summed E-state index contributed by atoms with van der Waals surface area (Å²) in [4.78, 5) is 10.0. The lowest BCUT2D eigenvalue weighted by molar-refractivity contribution is -0.109. The highest BCUT2D eigenvalue weighted by Gasteiger charge is 1.96. The molecule has 0 radical (unpaired) electrons. The zero-order chi connectivity index (χ0) is 10.2. The predicted molar refractivity (Wildman–Crippen MR) is 50.6 cm³/mol. The van der Waals surface area contributed by atoms with E-state index in [0.29, 0.717) is 17.8 Å². The first-order chi connectivity index (χ1) is 6.86. The minimum atomic E-state index is -0.0284. The maximum atomic E-state index is 10.0. The molecule has 1 aromatic carbocycles. The van der Waals surface area contributed by atoms with Gasteiger partial charge in [0.25, 0.3) is 0 Å². The molecule has 14 heavy (non-hydrogen) atoms. The minimum Gasteiger partial charge on any atom is -0.491 e. The number of hydrogen-bond donors (Lipinski definition) is 1. The van der Waals surface area contributed by atoms with E-state index in [1.54, 1.807) is 24.3 Å². The number of benzene rings is 1. The quantitative estimate of drug-likeness (QED) is 0.678. The van der Waals surface area contributed by atoms with Crippen LogP contribution in [0.15, 0.2) is 24.3 Å². The van der Waals surface area contributed by atoms with Crippen molar-refractivity contribution in [3.05, 3.63) is 24.3 Å². The van der Waals surface area contributed by atoms with Gasteiger partial charge in [0.15, 0.2) is 6.29 Å². The van der Waals surface area contributed by atoms with E-state index in [1.807, 2.05) is 0 Å². The highest BCUT2D eigenvalue weighted by Crippen LogP contribution is 2.18. The Hall–Kier alpha value is -1.55. The Morgan fingerprint density at radius 3 is 2.64 bits per heavy atom. The molecule has 0 aliphatic heterocycles. The van der Waals surface area contributed by atoms with Crippen molar-refractivity contribution in [2.24, 2.45) is 0 Å². The van der Waals surface area contributed by atoms with Crippen LogP contribution in [0.3, 0.4) is 0 Å². The van der Waals surface area contributed by atoms with Crippen LogP contribution < -0.4 is 9.47 Å². The molecule has 0 fully saturated rings. The zero-order valence-electron chi connectivity index (χ0n) is 7.68. The summed E-state index contributed by atoms with van der Waals surface area (Å²) in [5, 5.41) is 8.54. The molecule has 0 unspecified atom stereocenters. The van der Waals surface area contributed by atoms with E-state index in [0.717, 1.165) is 0 Å². The van der Waals surface area contributed by atoms with Gasteiger partial charge in [0.1, 0.15) is 24.7 Å². The summed E-state index contributed by atoms with van der Waals surface area (Å²) in [7, 11) is 0. The zero-order valence-corrected chi connectivity index (χ0v) is 7.68. The van der Waals surface area contributed by atoms with Gasteiger partial charge in [-0.3, -0.25) is 4.79 Å². The summed E-state index contributed by atoms with van der Waals surface area (Å²) in [6.45, 7) is 0.250. The maximum Gasteiger partial charge on any atom is 0.157 e. The summed E-state index contributed by atoms with van der Waals surface area (Å²) in [5.41, 5.74) is 0. The largest absolute Gasteiger partial charge is 0.491 e. The van der Waals surface area contributed by atoms with Crippen LogP contribution in [0.2, 0.25) is 0 Å². The molecule has 0 saturated heterocycles. The van der Waals surface area contributed by atoms with E-state index >= 15 is 0 Å². The molecule has 4 heteroatoms. The van der Waals surface area contributed by atoms with Crippen LogP contribution in [0.1, 0.15) is 0 Å². The lowest BCUT2D eigenvalue weighted by atomic mass is 10.3. The molecule has 1 aromatic rings. The number of carbonyl (C=O) groups is 1. The third-order valence-electron chi connectivity index (χ3n) is 1.48. The number of carbonyl (C=O) groups excluding carboxylic acids is 1. The molecule has 0 saturated carbocycles. The fraction of sp³-hybridized carbons (Fsp3) is 0.300. The summed E-state index contributed by atoms with van der Waals surface area (Å²) in [6.07, 6.45) is 0.682. The molecule has 1 rings (SSSR count). The summed E-state index contributed by atoms with van der Waals surface area (Å²) < 4.78 is 10.2. The van der Waals surface area contributed by atoms with Gasteiger partial charge in [-0.05, 0) is 12.1 Å². The Kier molecular flexibility index (Phi) is 4.50. The van der Waals surface area contributed by atoms with Crippen molar-refractivity contribution in [3.63, 3.8) is 0 Å². The van der Waals surface area contributed by atoms with Gasteiger partial charge < -0.3 is 14.6 Å². The fourth-order valence-electron chi connectivity index (χ4n) is 0.948. The Morgan fingerprint density at radius 2 is 2.00 bits per heavy atom. The van der Waals surface area contributed by atoms with Crippen molar-refractivity contribution in [1.29, 1.82) is 0 Å². The van der Waals surface area contributed by atoms with Crippen LogP contribution >= 0.6 is 0 Å². The Balaban J connectivity index is 2.54. The molecule has 0 aromatic heterocycles. The van der Waals surface area contributed by atoms with Crippen molar-refractivity contribution in [2.45, 2.75) is 0 Å². The molecule has 0 aliphatic rings. The second kappa shape index (κ2) is 5.99. The number of aliphatic hydroxyl groups is 1. The van der Waals surface area contributed by atoms with Crippen molar-refractivity contribution in [1.82, 2.24) is 0 Å². The van der Waals surface area contributed by atoms with Gasteiger partial charge in [-0.1, -0.05) is 6.07 Å². The molecule has 0 heterocycles. The normalized spacial score (nSPS) is 9.50. The molecule has 0 aliphatic carbocycles. The molecule has 0 spiro atoms.